The molecule has 98 valence electrons. The Kier molecular flexibility index (Phi) is 5.71. The number of carbonyl (C=O) groups is 2. The second-order valence-corrected chi connectivity index (χ2v) is 4.55. The maximum Gasteiger partial charge on any atom is 0.224 e. The molecule has 1 saturated carbocycles. The first-order valence-corrected chi connectivity index (χ1v) is 6.03. The maximum absolute atomic E-state index is 11.6. The third-order valence-electron chi connectivity index (χ3n) is 3.10. The van der Waals surface area contributed by atoms with Crippen molar-refractivity contribution in [2.24, 2.45) is 11.8 Å². The van der Waals surface area contributed by atoms with Gasteiger partial charge in [0.1, 0.15) is 0 Å². The Balaban J connectivity index is 0.00000144. The second-order valence-electron chi connectivity index (χ2n) is 4.55. The number of nitrogens with one attached hydrogen (secondary N) is 3. The first-order valence-electron chi connectivity index (χ1n) is 6.03. The van der Waals surface area contributed by atoms with Crippen LogP contribution in [0.4, 0.5) is 0 Å². The molecule has 6 heteroatoms. The standard InChI is InChI=1S/C11H19N3O2.ClH/c15-10(8-1-2-8)13-5-6-14-11(16)9-3-4-12-7-9;/h8-9,12H,1-7H2,(H,13,15)(H,14,16);1H. The van der Waals surface area contributed by atoms with Crippen LogP contribution in [0.5, 0.6) is 0 Å². The van der Waals surface area contributed by atoms with Gasteiger partial charge in [0.15, 0.2) is 0 Å². The third-order valence-corrected chi connectivity index (χ3v) is 3.10. The van der Waals surface area contributed by atoms with Crippen LogP contribution in [0.3, 0.4) is 0 Å². The summed E-state index contributed by atoms with van der Waals surface area (Å²) in [7, 11) is 0. The van der Waals surface area contributed by atoms with Crippen molar-refractivity contribution in [3.05, 3.63) is 0 Å². The van der Waals surface area contributed by atoms with E-state index in [0.29, 0.717) is 13.1 Å². The van der Waals surface area contributed by atoms with Crippen molar-refractivity contribution in [2.45, 2.75) is 19.3 Å². The Labute approximate surface area is 108 Å². The monoisotopic (exact) mass is 261 g/mol. The largest absolute Gasteiger partial charge is 0.354 e. The summed E-state index contributed by atoms with van der Waals surface area (Å²) in [4.78, 5) is 22.8. The van der Waals surface area contributed by atoms with E-state index < -0.39 is 0 Å². The zero-order valence-electron chi connectivity index (χ0n) is 9.83. The van der Waals surface area contributed by atoms with Gasteiger partial charge in [-0.3, -0.25) is 9.59 Å². The van der Waals surface area contributed by atoms with E-state index in [1.807, 2.05) is 0 Å². The van der Waals surface area contributed by atoms with Crippen LogP contribution in [0.2, 0.25) is 0 Å². The quantitative estimate of drug-likeness (QED) is 0.593. The van der Waals surface area contributed by atoms with E-state index in [4.69, 9.17) is 0 Å². The van der Waals surface area contributed by atoms with Crippen LogP contribution in [0.25, 0.3) is 0 Å². The van der Waals surface area contributed by atoms with E-state index in [9.17, 15) is 9.59 Å². The summed E-state index contributed by atoms with van der Waals surface area (Å²) < 4.78 is 0. The van der Waals surface area contributed by atoms with Gasteiger partial charge in [0.25, 0.3) is 0 Å². The average Bonchev–Trinajstić information content (AvgIpc) is 2.99. The lowest BCUT2D eigenvalue weighted by molar-refractivity contribution is -0.125. The highest BCUT2D eigenvalue weighted by Gasteiger charge is 2.29. The van der Waals surface area contributed by atoms with Gasteiger partial charge in [0.05, 0.1) is 5.92 Å². The Morgan fingerprint density at radius 2 is 1.59 bits per heavy atom. The normalized spacial score (nSPS) is 22.7. The second kappa shape index (κ2) is 6.81. The van der Waals surface area contributed by atoms with E-state index in [1.165, 1.54) is 0 Å². The number of amides is 2. The molecular weight excluding hydrogens is 242 g/mol. The van der Waals surface area contributed by atoms with Gasteiger partial charge in [0.2, 0.25) is 11.8 Å². The Morgan fingerprint density at radius 1 is 1.00 bits per heavy atom. The minimum Gasteiger partial charge on any atom is -0.354 e. The van der Waals surface area contributed by atoms with Crippen molar-refractivity contribution in [2.75, 3.05) is 26.2 Å². The molecule has 3 N–H and O–H groups in total. The van der Waals surface area contributed by atoms with Crippen molar-refractivity contribution in [3.63, 3.8) is 0 Å². The number of hydrogen-bond acceptors (Lipinski definition) is 3. The lowest BCUT2D eigenvalue weighted by Gasteiger charge is -2.10. The molecule has 2 fully saturated rings. The summed E-state index contributed by atoms with van der Waals surface area (Å²) in [5.41, 5.74) is 0. The van der Waals surface area contributed by atoms with E-state index in [1.54, 1.807) is 0 Å². The number of rotatable bonds is 5. The van der Waals surface area contributed by atoms with Crippen molar-refractivity contribution >= 4 is 24.2 Å². The van der Waals surface area contributed by atoms with Crippen LogP contribution in [-0.2, 0) is 9.59 Å². The van der Waals surface area contributed by atoms with Crippen LogP contribution in [0.1, 0.15) is 19.3 Å². The minimum atomic E-state index is 0. The first kappa shape index (κ1) is 14.3. The van der Waals surface area contributed by atoms with Crippen LogP contribution < -0.4 is 16.0 Å². The van der Waals surface area contributed by atoms with Gasteiger partial charge < -0.3 is 16.0 Å². The average molecular weight is 262 g/mol. The van der Waals surface area contributed by atoms with Gasteiger partial charge in [-0.05, 0) is 25.8 Å². The fourth-order valence-electron chi connectivity index (χ4n) is 1.88. The summed E-state index contributed by atoms with van der Waals surface area (Å²) in [6, 6.07) is 0. The molecule has 0 spiro atoms. The maximum atomic E-state index is 11.6. The fraction of sp³-hybridized carbons (Fsp3) is 0.818. The SMILES string of the molecule is Cl.O=C(NCCNC(=O)C1CCNC1)C1CC1. The smallest absolute Gasteiger partial charge is 0.224 e. The van der Waals surface area contributed by atoms with Crippen molar-refractivity contribution < 1.29 is 9.59 Å². The van der Waals surface area contributed by atoms with Gasteiger partial charge in [-0.25, -0.2) is 0 Å². The zero-order valence-corrected chi connectivity index (χ0v) is 10.6. The predicted molar refractivity (Wildman–Crippen MR) is 67.0 cm³/mol. The van der Waals surface area contributed by atoms with Gasteiger partial charge >= 0.3 is 0 Å². The van der Waals surface area contributed by atoms with Gasteiger partial charge in [-0.1, -0.05) is 0 Å². The molecule has 0 aromatic carbocycles. The van der Waals surface area contributed by atoms with Crippen LogP contribution in [-0.4, -0.2) is 38.0 Å². The van der Waals surface area contributed by atoms with Crippen LogP contribution >= 0.6 is 12.4 Å². The Morgan fingerprint density at radius 3 is 2.06 bits per heavy atom. The van der Waals surface area contributed by atoms with E-state index in [2.05, 4.69) is 16.0 Å². The zero-order chi connectivity index (χ0) is 11.4. The van der Waals surface area contributed by atoms with Gasteiger partial charge in [-0.15, -0.1) is 12.4 Å². The van der Waals surface area contributed by atoms with Crippen molar-refractivity contribution in [3.8, 4) is 0 Å². The van der Waals surface area contributed by atoms with E-state index >= 15 is 0 Å². The molecule has 0 aromatic heterocycles. The lowest BCUT2D eigenvalue weighted by atomic mass is 10.1. The molecule has 1 atom stereocenters. The topological polar surface area (TPSA) is 70.2 Å². The predicted octanol–water partition coefficient (Wildman–Crippen LogP) is -0.340. The van der Waals surface area contributed by atoms with Crippen LogP contribution in [0, 0.1) is 11.8 Å². The molecule has 17 heavy (non-hydrogen) atoms. The molecule has 0 radical (unpaired) electrons. The number of halogens is 1. The number of hydrogen-bond donors (Lipinski definition) is 3. The first-order chi connectivity index (χ1) is 7.77. The molecule has 5 nitrogen and oxygen atoms in total. The highest BCUT2D eigenvalue weighted by molar-refractivity contribution is 5.85. The van der Waals surface area contributed by atoms with E-state index in [-0.39, 0.29) is 36.1 Å². The highest BCUT2D eigenvalue weighted by atomic mass is 35.5. The molecule has 2 aliphatic rings. The molecule has 1 aliphatic heterocycles. The summed E-state index contributed by atoms with van der Waals surface area (Å²) in [5.74, 6) is 0.594. The molecule has 2 amide bonds. The van der Waals surface area contributed by atoms with Crippen molar-refractivity contribution in [1.29, 1.82) is 0 Å². The Bertz CT molecular complexity index is 276. The molecule has 1 heterocycles. The summed E-state index contributed by atoms with van der Waals surface area (Å²) in [5, 5.41) is 8.82. The molecule has 0 bridgehead atoms. The van der Waals surface area contributed by atoms with Gasteiger partial charge in [-0.2, -0.15) is 0 Å². The minimum absolute atomic E-state index is 0. The van der Waals surface area contributed by atoms with E-state index in [0.717, 1.165) is 32.4 Å². The fourth-order valence-corrected chi connectivity index (χ4v) is 1.88. The Hall–Kier alpha value is -0.810. The molecule has 2 rings (SSSR count). The molecule has 1 aliphatic carbocycles. The third kappa shape index (κ3) is 4.52. The van der Waals surface area contributed by atoms with Gasteiger partial charge in [0, 0.05) is 25.6 Å². The van der Waals surface area contributed by atoms with Crippen molar-refractivity contribution in [1.82, 2.24) is 16.0 Å². The summed E-state index contributed by atoms with van der Waals surface area (Å²) in [6.07, 6.45) is 2.96. The molecule has 1 unspecified atom stereocenters. The lowest BCUT2D eigenvalue weighted by Crippen LogP contribution is -2.38. The summed E-state index contributed by atoms with van der Waals surface area (Å²) in [6.45, 7) is 2.78. The molecule has 1 saturated heterocycles. The molecular formula is C11H20ClN3O2. The molecule has 0 aromatic rings. The summed E-state index contributed by atoms with van der Waals surface area (Å²) >= 11 is 0. The van der Waals surface area contributed by atoms with Crippen LogP contribution in [0.15, 0.2) is 0 Å². The number of carbonyl (C=O) groups excluding carboxylic acids is 2. The highest BCUT2D eigenvalue weighted by Crippen LogP contribution is 2.28.